The van der Waals surface area contributed by atoms with E-state index in [1.807, 2.05) is 30.3 Å². The smallest absolute Gasteiger partial charge is 0.277 e. The summed E-state index contributed by atoms with van der Waals surface area (Å²) in [6, 6.07) is 16.8. The fourth-order valence-electron chi connectivity index (χ4n) is 2.92. The molecule has 1 amide bonds. The van der Waals surface area contributed by atoms with Crippen molar-refractivity contribution in [1.29, 1.82) is 5.26 Å². The minimum atomic E-state index is -0.235. The fraction of sp³-hybridized carbons (Fsp3) is 0.0476. The molecule has 10 heteroatoms. The summed E-state index contributed by atoms with van der Waals surface area (Å²) in [6.07, 6.45) is 1.74. The van der Waals surface area contributed by atoms with Gasteiger partial charge in [-0.25, -0.2) is 4.98 Å². The predicted octanol–water partition coefficient (Wildman–Crippen LogP) is 4.50. The van der Waals surface area contributed by atoms with Crippen LogP contribution in [0.25, 0.3) is 32.6 Å². The third kappa shape index (κ3) is 4.09. The number of rotatable bonds is 5. The molecule has 0 bridgehead atoms. The third-order valence-electron chi connectivity index (χ3n) is 4.35. The maximum atomic E-state index is 12.3. The number of nitrogens with one attached hydrogen (secondary N) is 1. The Morgan fingerprint density at radius 1 is 1.16 bits per heavy atom. The number of nitrogens with zero attached hydrogens (tertiary/aromatic N) is 5. The first-order valence-corrected chi connectivity index (χ1v) is 10.9. The zero-order chi connectivity index (χ0) is 21.2. The lowest BCUT2D eigenvalue weighted by Gasteiger charge is -1.99. The summed E-state index contributed by atoms with van der Waals surface area (Å²) >= 11 is 2.47. The molecule has 5 aromatic rings. The van der Waals surface area contributed by atoms with Gasteiger partial charge in [-0.1, -0.05) is 29.2 Å². The standard InChI is InChI=1S/C21H12N6O2S2/c22-10-12-3-5-16-17(8-12)31-20(24-16)25-18(28)11-30-21-27-26-19(29-21)14-4-6-15-13(9-14)2-1-7-23-15/h1-9H,11H2,(H,24,25,28). The van der Waals surface area contributed by atoms with Crippen LogP contribution in [-0.2, 0) is 4.79 Å². The lowest BCUT2D eigenvalue weighted by Crippen LogP contribution is -2.13. The minimum Gasteiger partial charge on any atom is -0.411 e. The highest BCUT2D eigenvalue weighted by atomic mass is 32.2. The van der Waals surface area contributed by atoms with Gasteiger partial charge in [0.15, 0.2) is 5.13 Å². The molecule has 3 aromatic heterocycles. The number of carbonyl (C=O) groups is 1. The van der Waals surface area contributed by atoms with Crippen molar-refractivity contribution in [2.24, 2.45) is 0 Å². The number of hydrogen-bond donors (Lipinski definition) is 1. The number of aromatic nitrogens is 4. The number of pyridine rings is 1. The molecule has 0 aliphatic rings. The van der Waals surface area contributed by atoms with Crippen molar-refractivity contribution in [2.75, 3.05) is 11.1 Å². The molecular weight excluding hydrogens is 432 g/mol. The van der Waals surface area contributed by atoms with Crippen LogP contribution in [0.3, 0.4) is 0 Å². The maximum absolute atomic E-state index is 12.3. The molecule has 0 saturated carbocycles. The Kier molecular flexibility index (Phi) is 5.03. The van der Waals surface area contributed by atoms with E-state index in [1.165, 1.54) is 11.3 Å². The zero-order valence-corrected chi connectivity index (χ0v) is 17.4. The molecule has 150 valence electrons. The van der Waals surface area contributed by atoms with Crippen molar-refractivity contribution in [3.8, 4) is 17.5 Å². The van der Waals surface area contributed by atoms with E-state index in [0.29, 0.717) is 21.8 Å². The van der Waals surface area contributed by atoms with Crippen molar-refractivity contribution >= 4 is 55.3 Å². The van der Waals surface area contributed by atoms with Gasteiger partial charge in [0.1, 0.15) is 0 Å². The minimum absolute atomic E-state index is 0.0998. The second kappa shape index (κ2) is 8.14. The van der Waals surface area contributed by atoms with Gasteiger partial charge in [-0.15, -0.1) is 10.2 Å². The summed E-state index contributed by atoms with van der Waals surface area (Å²) in [6.45, 7) is 0. The van der Waals surface area contributed by atoms with Gasteiger partial charge in [-0.2, -0.15) is 5.26 Å². The second-order valence-corrected chi connectivity index (χ2v) is 8.39. The summed E-state index contributed by atoms with van der Waals surface area (Å²) < 4.78 is 6.53. The van der Waals surface area contributed by atoms with E-state index in [0.717, 1.165) is 38.4 Å². The summed E-state index contributed by atoms with van der Waals surface area (Å²) in [5, 5.41) is 21.6. The first-order valence-electron chi connectivity index (χ1n) is 9.10. The monoisotopic (exact) mass is 444 g/mol. The number of anilines is 1. The Labute approximate surface area is 184 Å². The molecule has 0 aliphatic heterocycles. The molecule has 0 unspecified atom stereocenters. The molecule has 0 fully saturated rings. The van der Waals surface area contributed by atoms with Crippen LogP contribution in [0.5, 0.6) is 0 Å². The molecule has 0 saturated heterocycles. The second-order valence-electron chi connectivity index (χ2n) is 6.43. The van der Waals surface area contributed by atoms with Crippen LogP contribution in [0.4, 0.5) is 5.13 Å². The first kappa shape index (κ1) is 19.2. The number of fused-ring (bicyclic) bond motifs is 2. The van der Waals surface area contributed by atoms with E-state index in [1.54, 1.807) is 24.4 Å². The Hall–Kier alpha value is -3.81. The lowest BCUT2D eigenvalue weighted by molar-refractivity contribution is -0.113. The van der Waals surface area contributed by atoms with Gasteiger partial charge in [0.05, 0.1) is 33.1 Å². The Morgan fingerprint density at radius 2 is 2.06 bits per heavy atom. The van der Waals surface area contributed by atoms with E-state index in [9.17, 15) is 4.79 Å². The molecule has 8 nitrogen and oxygen atoms in total. The summed E-state index contributed by atoms with van der Waals surface area (Å²) in [4.78, 5) is 21.0. The van der Waals surface area contributed by atoms with E-state index in [2.05, 4.69) is 31.6 Å². The van der Waals surface area contributed by atoms with Crippen LogP contribution in [0.1, 0.15) is 5.56 Å². The third-order valence-corrected chi connectivity index (χ3v) is 6.10. The van der Waals surface area contributed by atoms with Gasteiger partial charge in [0.2, 0.25) is 11.8 Å². The zero-order valence-electron chi connectivity index (χ0n) is 15.8. The number of hydrogen-bond acceptors (Lipinski definition) is 9. The van der Waals surface area contributed by atoms with Gasteiger partial charge in [-0.3, -0.25) is 9.78 Å². The van der Waals surface area contributed by atoms with Crippen molar-refractivity contribution in [2.45, 2.75) is 5.22 Å². The number of thioether (sulfide) groups is 1. The van der Waals surface area contributed by atoms with Crippen LogP contribution in [0.15, 0.2) is 64.4 Å². The normalized spacial score (nSPS) is 10.9. The molecule has 5 rings (SSSR count). The number of carbonyl (C=O) groups excluding carboxylic acids is 1. The molecule has 2 aromatic carbocycles. The number of benzene rings is 2. The maximum Gasteiger partial charge on any atom is 0.277 e. The predicted molar refractivity (Wildman–Crippen MR) is 119 cm³/mol. The summed E-state index contributed by atoms with van der Waals surface area (Å²) in [7, 11) is 0. The molecule has 0 radical (unpaired) electrons. The molecule has 0 aliphatic carbocycles. The van der Waals surface area contributed by atoms with Crippen molar-refractivity contribution in [3.63, 3.8) is 0 Å². The van der Waals surface area contributed by atoms with E-state index in [4.69, 9.17) is 9.68 Å². The van der Waals surface area contributed by atoms with Crippen molar-refractivity contribution < 1.29 is 9.21 Å². The Bertz CT molecular complexity index is 1470. The Morgan fingerprint density at radius 3 is 2.97 bits per heavy atom. The highest BCUT2D eigenvalue weighted by Gasteiger charge is 2.13. The van der Waals surface area contributed by atoms with Gasteiger partial charge in [0.25, 0.3) is 5.22 Å². The molecule has 1 N–H and O–H groups in total. The number of amides is 1. The SMILES string of the molecule is N#Cc1ccc2nc(NC(=O)CSc3nnc(-c4ccc5ncccc5c4)o3)sc2c1. The van der Waals surface area contributed by atoms with Crippen molar-refractivity contribution in [1.82, 2.24) is 20.2 Å². The van der Waals surface area contributed by atoms with Gasteiger partial charge >= 0.3 is 0 Å². The first-order chi connectivity index (χ1) is 15.2. The number of thiazole rings is 1. The fourth-order valence-corrected chi connectivity index (χ4v) is 4.41. The quantitative estimate of drug-likeness (QED) is 0.394. The molecule has 31 heavy (non-hydrogen) atoms. The molecule has 0 atom stereocenters. The molecular formula is C21H12N6O2S2. The summed E-state index contributed by atoms with van der Waals surface area (Å²) in [5.74, 6) is 0.247. The van der Waals surface area contributed by atoms with Crippen LogP contribution in [0, 0.1) is 11.3 Å². The van der Waals surface area contributed by atoms with Gasteiger partial charge in [0, 0.05) is 17.1 Å². The topological polar surface area (TPSA) is 118 Å². The average Bonchev–Trinajstić information content (AvgIpc) is 3.43. The van der Waals surface area contributed by atoms with Crippen molar-refractivity contribution in [3.05, 3.63) is 60.3 Å². The van der Waals surface area contributed by atoms with Gasteiger partial charge < -0.3 is 9.73 Å². The van der Waals surface area contributed by atoms with E-state index >= 15 is 0 Å². The van der Waals surface area contributed by atoms with E-state index < -0.39 is 0 Å². The van der Waals surface area contributed by atoms with Crippen LogP contribution in [0.2, 0.25) is 0 Å². The van der Waals surface area contributed by atoms with Crippen LogP contribution in [-0.4, -0.2) is 31.8 Å². The molecule has 3 heterocycles. The number of nitriles is 1. The van der Waals surface area contributed by atoms with E-state index in [-0.39, 0.29) is 11.7 Å². The highest BCUT2D eigenvalue weighted by Crippen LogP contribution is 2.28. The van der Waals surface area contributed by atoms with Crippen LogP contribution >= 0.6 is 23.1 Å². The average molecular weight is 445 g/mol. The summed E-state index contributed by atoms with van der Waals surface area (Å²) in [5.41, 5.74) is 2.96. The highest BCUT2D eigenvalue weighted by molar-refractivity contribution is 7.99. The largest absolute Gasteiger partial charge is 0.411 e. The molecule has 0 spiro atoms. The lowest BCUT2D eigenvalue weighted by atomic mass is 10.1. The van der Waals surface area contributed by atoms with Gasteiger partial charge in [-0.05, 0) is 42.5 Å². The Balaban J connectivity index is 1.23. The van der Waals surface area contributed by atoms with Crippen LogP contribution < -0.4 is 5.32 Å².